The van der Waals surface area contributed by atoms with Gasteiger partial charge in [0.05, 0.1) is 13.2 Å². The highest BCUT2D eigenvalue weighted by molar-refractivity contribution is 5.88. The molecule has 24 heavy (non-hydrogen) atoms. The summed E-state index contributed by atoms with van der Waals surface area (Å²) in [6.07, 6.45) is 4.59. The van der Waals surface area contributed by atoms with E-state index in [1.807, 2.05) is 13.8 Å². The summed E-state index contributed by atoms with van der Waals surface area (Å²) < 4.78 is 4.78. The van der Waals surface area contributed by atoms with Gasteiger partial charge in [0.25, 0.3) is 0 Å². The van der Waals surface area contributed by atoms with Crippen LogP contribution in [-0.2, 0) is 19.1 Å². The van der Waals surface area contributed by atoms with Crippen molar-refractivity contribution in [2.24, 2.45) is 17.6 Å². The molecule has 1 aliphatic carbocycles. The average Bonchev–Trinajstić information content (AvgIpc) is 3.31. The van der Waals surface area contributed by atoms with Gasteiger partial charge in [0.1, 0.15) is 6.04 Å². The quantitative estimate of drug-likeness (QED) is 0.584. The van der Waals surface area contributed by atoms with Crippen LogP contribution in [0.15, 0.2) is 0 Å². The number of esters is 1. The fourth-order valence-corrected chi connectivity index (χ4v) is 3.13. The van der Waals surface area contributed by atoms with E-state index >= 15 is 0 Å². The summed E-state index contributed by atoms with van der Waals surface area (Å²) in [5.74, 6) is -0.777. The molecule has 4 N–H and O–H groups in total. The van der Waals surface area contributed by atoms with Crippen LogP contribution in [0.4, 0.5) is 0 Å². The first kappa shape index (κ1) is 18.7. The number of carbonyl (C=O) groups is 3. The van der Waals surface area contributed by atoms with E-state index in [9.17, 15) is 14.4 Å². The second-order valence-electron chi connectivity index (χ2n) is 7.71. The Morgan fingerprint density at radius 1 is 1.33 bits per heavy atom. The lowest BCUT2D eigenvalue weighted by molar-refractivity contribution is -0.146. The number of nitrogens with two attached hydrogens (primary N) is 1. The summed E-state index contributed by atoms with van der Waals surface area (Å²) in [5, 5.41) is 5.62. The van der Waals surface area contributed by atoms with E-state index in [0.717, 1.165) is 19.3 Å². The normalized spacial score (nSPS) is 25.3. The van der Waals surface area contributed by atoms with Gasteiger partial charge in [-0.25, -0.2) is 4.79 Å². The minimum atomic E-state index is -0.843. The number of ether oxygens (including phenoxy) is 1. The van der Waals surface area contributed by atoms with Gasteiger partial charge in [0.2, 0.25) is 11.8 Å². The molecule has 0 aromatic carbocycles. The Hall–Kier alpha value is -1.63. The Bertz CT molecular complexity index is 502. The van der Waals surface area contributed by atoms with E-state index in [1.165, 1.54) is 7.11 Å². The topological polar surface area (TPSA) is 111 Å². The van der Waals surface area contributed by atoms with Gasteiger partial charge in [0.15, 0.2) is 0 Å². The SMILES string of the molecule is COC(=O)C(CC1CCC(C)(C)NC1=O)NC(=O)C(N)CC1CC1. The summed E-state index contributed by atoms with van der Waals surface area (Å²) in [5.41, 5.74) is 5.67. The Morgan fingerprint density at radius 2 is 2.00 bits per heavy atom. The molecule has 1 heterocycles. The van der Waals surface area contributed by atoms with Crippen LogP contribution in [0, 0.1) is 11.8 Å². The molecule has 136 valence electrons. The van der Waals surface area contributed by atoms with Gasteiger partial charge in [-0.2, -0.15) is 0 Å². The van der Waals surface area contributed by atoms with Crippen molar-refractivity contribution in [3.05, 3.63) is 0 Å². The third-order valence-corrected chi connectivity index (χ3v) is 4.89. The first-order valence-corrected chi connectivity index (χ1v) is 8.67. The number of piperidine rings is 1. The number of hydrogen-bond donors (Lipinski definition) is 3. The van der Waals surface area contributed by atoms with Crippen molar-refractivity contribution in [1.29, 1.82) is 0 Å². The van der Waals surface area contributed by atoms with E-state index < -0.39 is 18.1 Å². The molecule has 0 spiro atoms. The lowest BCUT2D eigenvalue weighted by atomic mass is 9.83. The maximum absolute atomic E-state index is 12.2. The van der Waals surface area contributed by atoms with E-state index in [0.29, 0.717) is 18.8 Å². The number of rotatable bonds is 7. The summed E-state index contributed by atoms with van der Waals surface area (Å²) in [4.78, 5) is 36.5. The van der Waals surface area contributed by atoms with Gasteiger partial charge in [-0.05, 0) is 45.4 Å². The third kappa shape index (κ3) is 5.19. The van der Waals surface area contributed by atoms with E-state index in [4.69, 9.17) is 10.5 Å². The standard InChI is InChI=1S/C17H29N3O4/c1-17(2)7-6-11(14(21)20-17)9-13(16(23)24-3)19-15(22)12(18)8-10-4-5-10/h10-13H,4-9,18H2,1-3H3,(H,19,22)(H,20,21). The molecule has 1 saturated heterocycles. The van der Waals surface area contributed by atoms with E-state index in [2.05, 4.69) is 10.6 Å². The number of methoxy groups -OCH3 is 1. The minimum absolute atomic E-state index is 0.0864. The zero-order chi connectivity index (χ0) is 17.9. The van der Waals surface area contributed by atoms with Gasteiger partial charge < -0.3 is 21.1 Å². The summed E-state index contributed by atoms with van der Waals surface area (Å²) >= 11 is 0. The van der Waals surface area contributed by atoms with Crippen molar-refractivity contribution >= 4 is 17.8 Å². The van der Waals surface area contributed by atoms with Crippen LogP contribution in [0.25, 0.3) is 0 Å². The second kappa shape index (κ2) is 7.51. The van der Waals surface area contributed by atoms with Crippen molar-refractivity contribution in [2.75, 3.05) is 7.11 Å². The molecule has 3 unspecified atom stereocenters. The zero-order valence-electron chi connectivity index (χ0n) is 14.8. The van der Waals surface area contributed by atoms with Crippen LogP contribution in [0.5, 0.6) is 0 Å². The molecule has 0 bridgehead atoms. The minimum Gasteiger partial charge on any atom is -0.467 e. The molecule has 3 atom stereocenters. The number of nitrogens with one attached hydrogen (secondary N) is 2. The molecular weight excluding hydrogens is 310 g/mol. The molecule has 0 aromatic heterocycles. The maximum Gasteiger partial charge on any atom is 0.328 e. The van der Waals surface area contributed by atoms with Crippen LogP contribution >= 0.6 is 0 Å². The highest BCUT2D eigenvalue weighted by Gasteiger charge is 2.37. The monoisotopic (exact) mass is 339 g/mol. The van der Waals surface area contributed by atoms with Gasteiger partial charge >= 0.3 is 5.97 Å². The Kier molecular flexibility index (Phi) is 5.85. The fraction of sp³-hybridized carbons (Fsp3) is 0.824. The Morgan fingerprint density at radius 3 is 2.54 bits per heavy atom. The Labute approximate surface area is 143 Å². The molecule has 2 aliphatic rings. The first-order valence-electron chi connectivity index (χ1n) is 8.67. The average molecular weight is 339 g/mol. The Balaban J connectivity index is 1.94. The summed E-state index contributed by atoms with van der Waals surface area (Å²) in [6.45, 7) is 3.94. The van der Waals surface area contributed by atoms with Crippen LogP contribution in [0.1, 0.15) is 52.4 Å². The lowest BCUT2D eigenvalue weighted by Crippen LogP contribution is -2.54. The number of amides is 2. The van der Waals surface area contributed by atoms with Gasteiger partial charge in [-0.3, -0.25) is 9.59 Å². The highest BCUT2D eigenvalue weighted by atomic mass is 16.5. The highest BCUT2D eigenvalue weighted by Crippen LogP contribution is 2.33. The lowest BCUT2D eigenvalue weighted by Gasteiger charge is -2.36. The molecule has 1 saturated carbocycles. The number of hydrogen-bond acceptors (Lipinski definition) is 5. The molecule has 2 fully saturated rings. The van der Waals surface area contributed by atoms with Crippen LogP contribution in [0.2, 0.25) is 0 Å². The predicted octanol–water partition coefficient (Wildman–Crippen LogP) is 0.467. The molecule has 0 radical (unpaired) electrons. The van der Waals surface area contributed by atoms with Crippen molar-refractivity contribution < 1.29 is 19.1 Å². The first-order chi connectivity index (χ1) is 11.2. The van der Waals surface area contributed by atoms with Crippen LogP contribution in [0.3, 0.4) is 0 Å². The molecular formula is C17H29N3O4. The molecule has 0 aromatic rings. The van der Waals surface area contributed by atoms with Crippen molar-refractivity contribution in [3.8, 4) is 0 Å². The smallest absolute Gasteiger partial charge is 0.328 e. The molecule has 7 heteroatoms. The van der Waals surface area contributed by atoms with Gasteiger partial charge in [-0.15, -0.1) is 0 Å². The summed E-state index contributed by atoms with van der Waals surface area (Å²) in [6, 6.07) is -1.46. The summed E-state index contributed by atoms with van der Waals surface area (Å²) in [7, 11) is 1.27. The van der Waals surface area contributed by atoms with Crippen LogP contribution < -0.4 is 16.4 Å². The molecule has 1 aliphatic heterocycles. The molecule has 2 amide bonds. The van der Waals surface area contributed by atoms with E-state index in [-0.39, 0.29) is 29.7 Å². The zero-order valence-corrected chi connectivity index (χ0v) is 14.8. The van der Waals surface area contributed by atoms with Crippen LogP contribution in [-0.4, -0.2) is 42.5 Å². The van der Waals surface area contributed by atoms with E-state index in [1.54, 1.807) is 0 Å². The third-order valence-electron chi connectivity index (χ3n) is 4.89. The second-order valence-corrected chi connectivity index (χ2v) is 7.71. The predicted molar refractivity (Wildman–Crippen MR) is 88.8 cm³/mol. The molecule has 7 nitrogen and oxygen atoms in total. The van der Waals surface area contributed by atoms with Crippen molar-refractivity contribution in [2.45, 2.75) is 70.0 Å². The maximum atomic E-state index is 12.2. The molecule has 2 rings (SSSR count). The van der Waals surface area contributed by atoms with Gasteiger partial charge in [0, 0.05) is 11.5 Å². The van der Waals surface area contributed by atoms with Crippen molar-refractivity contribution in [1.82, 2.24) is 10.6 Å². The number of carbonyl (C=O) groups excluding carboxylic acids is 3. The largest absolute Gasteiger partial charge is 0.467 e. The fourth-order valence-electron chi connectivity index (χ4n) is 3.13. The van der Waals surface area contributed by atoms with Crippen molar-refractivity contribution in [3.63, 3.8) is 0 Å². The van der Waals surface area contributed by atoms with Gasteiger partial charge in [-0.1, -0.05) is 12.8 Å².